The van der Waals surface area contributed by atoms with E-state index in [9.17, 15) is 4.79 Å². The molecule has 0 atom stereocenters. The van der Waals surface area contributed by atoms with Crippen LogP contribution in [0.4, 0.5) is 0 Å². The smallest absolute Gasteiger partial charge is 0.220 e. The number of carbonyl (C=O) groups excluding carboxylic acids is 1. The van der Waals surface area contributed by atoms with Crippen LogP contribution in [0.5, 0.6) is 0 Å². The van der Waals surface area contributed by atoms with Gasteiger partial charge in [-0.2, -0.15) is 0 Å². The average Bonchev–Trinajstić information content (AvgIpc) is 3.23. The molecular weight excluding hydrogens is 304 g/mol. The molecule has 0 radical (unpaired) electrons. The van der Waals surface area contributed by atoms with E-state index in [-0.39, 0.29) is 5.91 Å². The lowest BCUT2D eigenvalue weighted by Crippen LogP contribution is -2.23. The van der Waals surface area contributed by atoms with Gasteiger partial charge < -0.3 is 14.3 Å². The third kappa shape index (κ3) is 3.74. The van der Waals surface area contributed by atoms with Crippen LogP contribution < -0.4 is 5.32 Å². The summed E-state index contributed by atoms with van der Waals surface area (Å²) >= 11 is 0. The van der Waals surface area contributed by atoms with Crippen molar-refractivity contribution >= 4 is 5.91 Å². The van der Waals surface area contributed by atoms with E-state index in [0.717, 1.165) is 33.7 Å². The number of carbonyl (C=O) groups is 1. The maximum Gasteiger partial charge on any atom is 0.220 e. The summed E-state index contributed by atoms with van der Waals surface area (Å²) in [5, 5.41) is 6.85. The van der Waals surface area contributed by atoms with Gasteiger partial charge in [-0.3, -0.25) is 4.79 Å². The lowest BCUT2D eigenvalue weighted by molar-refractivity contribution is -0.121. The van der Waals surface area contributed by atoms with Crippen molar-refractivity contribution in [1.82, 2.24) is 10.5 Å². The molecule has 5 nitrogen and oxygen atoms in total. The minimum atomic E-state index is 0.0221. The van der Waals surface area contributed by atoms with Crippen LogP contribution >= 0.6 is 0 Å². The van der Waals surface area contributed by atoms with Crippen molar-refractivity contribution in [3.8, 4) is 11.1 Å². The van der Waals surface area contributed by atoms with E-state index in [2.05, 4.69) is 10.5 Å². The summed E-state index contributed by atoms with van der Waals surface area (Å²) in [7, 11) is 0. The number of benzene rings is 1. The van der Waals surface area contributed by atoms with Crippen LogP contribution in [-0.4, -0.2) is 11.1 Å². The minimum Gasteiger partial charge on any atom is -0.472 e. The van der Waals surface area contributed by atoms with E-state index >= 15 is 0 Å². The van der Waals surface area contributed by atoms with Gasteiger partial charge in [-0.25, -0.2) is 0 Å². The van der Waals surface area contributed by atoms with Crippen LogP contribution in [0.15, 0.2) is 51.8 Å². The lowest BCUT2D eigenvalue weighted by Gasteiger charge is -2.06. The zero-order chi connectivity index (χ0) is 16.9. The number of nitrogens with zero attached hydrogens (tertiary/aromatic N) is 1. The monoisotopic (exact) mass is 324 g/mol. The van der Waals surface area contributed by atoms with Gasteiger partial charge in [0.15, 0.2) is 0 Å². The number of aryl methyl sites for hydroxylation is 2. The second-order valence-corrected chi connectivity index (χ2v) is 5.79. The summed E-state index contributed by atoms with van der Waals surface area (Å²) in [6, 6.07) is 9.99. The predicted molar refractivity (Wildman–Crippen MR) is 90.3 cm³/mol. The van der Waals surface area contributed by atoms with Gasteiger partial charge in [0.1, 0.15) is 5.76 Å². The fraction of sp³-hybridized carbons (Fsp3) is 0.263. The van der Waals surface area contributed by atoms with Crippen molar-refractivity contribution < 1.29 is 13.7 Å². The Morgan fingerprint density at radius 1 is 1.12 bits per heavy atom. The molecule has 2 aromatic heterocycles. The topological polar surface area (TPSA) is 68.3 Å². The minimum absolute atomic E-state index is 0.0221. The molecule has 0 fully saturated rings. The van der Waals surface area contributed by atoms with E-state index in [1.807, 2.05) is 44.2 Å². The third-order valence-electron chi connectivity index (χ3n) is 4.08. The summed E-state index contributed by atoms with van der Waals surface area (Å²) < 4.78 is 10.2. The van der Waals surface area contributed by atoms with Gasteiger partial charge in [0.2, 0.25) is 5.91 Å². The molecule has 0 aliphatic heterocycles. The van der Waals surface area contributed by atoms with Crippen LogP contribution in [-0.2, 0) is 17.8 Å². The van der Waals surface area contributed by atoms with Crippen molar-refractivity contribution in [2.75, 3.05) is 0 Å². The number of amides is 1. The first-order chi connectivity index (χ1) is 11.6. The first-order valence-corrected chi connectivity index (χ1v) is 7.93. The average molecular weight is 324 g/mol. The number of hydrogen-bond donors (Lipinski definition) is 1. The molecule has 2 heterocycles. The molecule has 0 aliphatic carbocycles. The summed E-state index contributed by atoms with van der Waals surface area (Å²) in [6.07, 6.45) is 4.44. The van der Waals surface area contributed by atoms with Gasteiger partial charge in [0, 0.05) is 24.1 Å². The van der Waals surface area contributed by atoms with Crippen molar-refractivity contribution in [3.63, 3.8) is 0 Å². The Bertz CT molecular complexity index is 782. The molecule has 3 rings (SSSR count). The molecule has 24 heavy (non-hydrogen) atoms. The Morgan fingerprint density at radius 2 is 1.92 bits per heavy atom. The molecule has 0 aliphatic rings. The van der Waals surface area contributed by atoms with Gasteiger partial charge >= 0.3 is 0 Å². The number of aromatic nitrogens is 1. The molecule has 0 saturated carbocycles. The molecule has 0 saturated heterocycles. The van der Waals surface area contributed by atoms with Gasteiger partial charge in [-0.05, 0) is 37.5 Å². The van der Waals surface area contributed by atoms with Crippen LogP contribution in [0.3, 0.4) is 0 Å². The summed E-state index contributed by atoms with van der Waals surface area (Å²) in [6.45, 7) is 4.28. The highest BCUT2D eigenvalue weighted by atomic mass is 16.5. The van der Waals surface area contributed by atoms with E-state index in [1.165, 1.54) is 0 Å². The zero-order valence-electron chi connectivity index (χ0n) is 13.8. The first kappa shape index (κ1) is 16.1. The van der Waals surface area contributed by atoms with Gasteiger partial charge in [0.05, 0.1) is 18.2 Å². The van der Waals surface area contributed by atoms with Crippen LogP contribution in [0, 0.1) is 13.8 Å². The molecule has 124 valence electrons. The van der Waals surface area contributed by atoms with Gasteiger partial charge in [-0.15, -0.1) is 0 Å². The fourth-order valence-electron chi connectivity index (χ4n) is 2.63. The first-order valence-electron chi connectivity index (χ1n) is 7.93. The maximum atomic E-state index is 12.0. The second kappa shape index (κ2) is 7.17. The Kier molecular flexibility index (Phi) is 4.79. The number of furan rings is 1. The maximum absolute atomic E-state index is 12.0. The summed E-state index contributed by atoms with van der Waals surface area (Å²) in [5.41, 5.74) is 5.08. The Hall–Kier alpha value is -2.82. The van der Waals surface area contributed by atoms with E-state index in [1.54, 1.807) is 12.5 Å². The van der Waals surface area contributed by atoms with E-state index in [4.69, 9.17) is 8.94 Å². The molecule has 0 spiro atoms. The Morgan fingerprint density at radius 3 is 2.54 bits per heavy atom. The van der Waals surface area contributed by atoms with Crippen molar-refractivity contribution in [1.29, 1.82) is 0 Å². The number of rotatable bonds is 6. The highest BCUT2D eigenvalue weighted by Crippen LogP contribution is 2.20. The molecule has 1 amide bonds. The van der Waals surface area contributed by atoms with Gasteiger partial charge in [-0.1, -0.05) is 29.4 Å². The highest BCUT2D eigenvalue weighted by molar-refractivity contribution is 5.76. The zero-order valence-corrected chi connectivity index (χ0v) is 13.8. The van der Waals surface area contributed by atoms with Gasteiger partial charge in [0.25, 0.3) is 0 Å². The quantitative estimate of drug-likeness (QED) is 0.749. The highest BCUT2D eigenvalue weighted by Gasteiger charge is 2.11. The van der Waals surface area contributed by atoms with Crippen LogP contribution in [0.25, 0.3) is 11.1 Å². The van der Waals surface area contributed by atoms with E-state index < -0.39 is 0 Å². The predicted octanol–water partition coefficient (Wildman–Crippen LogP) is 3.80. The van der Waals surface area contributed by atoms with Crippen molar-refractivity contribution in [2.24, 2.45) is 0 Å². The van der Waals surface area contributed by atoms with Crippen LogP contribution in [0.1, 0.15) is 29.0 Å². The number of nitrogens with one attached hydrogen (secondary N) is 1. The fourth-order valence-corrected chi connectivity index (χ4v) is 2.63. The molecule has 3 aromatic rings. The normalized spacial score (nSPS) is 10.8. The Balaban J connectivity index is 1.49. The summed E-state index contributed by atoms with van der Waals surface area (Å²) in [4.78, 5) is 12.0. The molecule has 5 heteroatoms. The second-order valence-electron chi connectivity index (χ2n) is 5.79. The molecule has 0 unspecified atom stereocenters. The molecule has 0 bridgehead atoms. The van der Waals surface area contributed by atoms with Crippen LogP contribution in [0.2, 0.25) is 0 Å². The largest absolute Gasteiger partial charge is 0.472 e. The number of hydrogen-bond acceptors (Lipinski definition) is 4. The van der Waals surface area contributed by atoms with E-state index in [0.29, 0.717) is 19.4 Å². The van der Waals surface area contributed by atoms with Crippen molar-refractivity contribution in [3.05, 3.63) is 65.4 Å². The SMILES string of the molecule is Cc1noc(C)c1CCC(=O)NCc1ccc(-c2ccoc2)cc1. The lowest BCUT2D eigenvalue weighted by atomic mass is 10.1. The summed E-state index contributed by atoms with van der Waals surface area (Å²) in [5.74, 6) is 0.809. The Labute approximate surface area is 140 Å². The molecule has 1 N–H and O–H groups in total. The van der Waals surface area contributed by atoms with Crippen molar-refractivity contribution in [2.45, 2.75) is 33.2 Å². The molecule has 1 aromatic carbocycles. The standard InChI is InChI=1S/C19H20N2O3/c1-13-18(14(2)24-21-13)7-8-19(22)20-11-15-3-5-16(6-4-15)17-9-10-23-12-17/h3-6,9-10,12H,7-8,11H2,1-2H3,(H,20,22). The molecular formula is C19H20N2O3. The third-order valence-corrected chi connectivity index (χ3v) is 4.08.